The largest absolute Gasteiger partial charge is 0.456 e. The van der Waals surface area contributed by atoms with Gasteiger partial charge in [0.2, 0.25) is 0 Å². The van der Waals surface area contributed by atoms with Gasteiger partial charge in [-0.15, -0.1) is 0 Å². The van der Waals surface area contributed by atoms with Crippen molar-refractivity contribution in [3.8, 4) is 0 Å². The highest BCUT2D eigenvalue weighted by Crippen LogP contribution is 2.23. The molecule has 1 aromatic rings. The number of rotatable bonds is 6. The lowest BCUT2D eigenvalue weighted by molar-refractivity contribution is -0.148. The average molecular weight is 342 g/mol. The van der Waals surface area contributed by atoms with Gasteiger partial charge in [-0.25, -0.2) is 0 Å². The van der Waals surface area contributed by atoms with Crippen molar-refractivity contribution >= 4 is 39.3 Å². The van der Waals surface area contributed by atoms with Gasteiger partial charge in [0, 0.05) is 10.9 Å². The van der Waals surface area contributed by atoms with Crippen LogP contribution in [0.15, 0.2) is 22.7 Å². The first-order chi connectivity index (χ1) is 9.38. The zero-order valence-corrected chi connectivity index (χ0v) is 13.0. The molecule has 20 heavy (non-hydrogen) atoms. The van der Waals surface area contributed by atoms with Gasteiger partial charge in [0.05, 0.1) is 12.1 Å². The van der Waals surface area contributed by atoms with E-state index in [9.17, 15) is 14.4 Å². The smallest absolute Gasteiger partial charge is 0.306 e. The molecule has 0 aliphatic heterocycles. The van der Waals surface area contributed by atoms with Crippen LogP contribution >= 0.6 is 15.9 Å². The van der Waals surface area contributed by atoms with Gasteiger partial charge in [0.1, 0.15) is 5.78 Å². The maximum atomic E-state index is 11.6. The van der Waals surface area contributed by atoms with Crippen molar-refractivity contribution in [1.29, 1.82) is 0 Å². The van der Waals surface area contributed by atoms with E-state index in [1.807, 2.05) is 19.1 Å². The molecule has 0 saturated carbocycles. The fraction of sp³-hybridized carbons (Fsp3) is 0.357. The minimum Gasteiger partial charge on any atom is -0.456 e. The third-order valence-corrected chi connectivity index (χ3v) is 3.10. The molecule has 6 heteroatoms. The second-order valence-corrected chi connectivity index (χ2v) is 5.25. The topological polar surface area (TPSA) is 72.5 Å². The Hall–Kier alpha value is -1.69. The number of anilines is 1. The first kappa shape index (κ1) is 16.4. The minimum absolute atomic E-state index is 0.00314. The van der Waals surface area contributed by atoms with Gasteiger partial charge < -0.3 is 14.8 Å². The summed E-state index contributed by atoms with van der Waals surface area (Å²) in [5.74, 6) is -1.07. The van der Waals surface area contributed by atoms with Crippen LogP contribution < -0.4 is 5.32 Å². The maximum absolute atomic E-state index is 11.6. The lowest BCUT2D eigenvalue weighted by Crippen LogP contribution is -2.21. The van der Waals surface area contributed by atoms with Crippen LogP contribution in [-0.4, -0.2) is 24.3 Å². The van der Waals surface area contributed by atoms with E-state index >= 15 is 0 Å². The summed E-state index contributed by atoms with van der Waals surface area (Å²) in [6.07, 6.45) is 0.126. The number of Topliss-reactive ketones (excluding diaryl/α,β-unsaturated/α-hetero) is 1. The number of amides is 1. The first-order valence-electron chi connectivity index (χ1n) is 6.09. The molecule has 0 aliphatic carbocycles. The molecule has 1 amide bonds. The lowest BCUT2D eigenvalue weighted by Gasteiger charge is -2.08. The van der Waals surface area contributed by atoms with Crippen LogP contribution in [-0.2, 0) is 19.1 Å². The number of ketones is 1. The van der Waals surface area contributed by atoms with Gasteiger partial charge in [-0.3, -0.25) is 9.59 Å². The molecule has 0 saturated heterocycles. The Morgan fingerprint density at radius 2 is 1.95 bits per heavy atom. The number of carbonyl (C=O) groups excluding carboxylic acids is 3. The van der Waals surface area contributed by atoms with E-state index < -0.39 is 11.9 Å². The fourth-order valence-corrected chi connectivity index (χ4v) is 2.00. The van der Waals surface area contributed by atoms with E-state index in [0.717, 1.165) is 10.0 Å². The summed E-state index contributed by atoms with van der Waals surface area (Å²) in [6, 6.07) is 5.49. The second kappa shape index (κ2) is 7.79. The van der Waals surface area contributed by atoms with E-state index in [2.05, 4.69) is 21.2 Å². The summed E-state index contributed by atoms with van der Waals surface area (Å²) in [5, 5.41) is 2.63. The van der Waals surface area contributed by atoms with E-state index in [4.69, 9.17) is 4.74 Å². The lowest BCUT2D eigenvalue weighted by atomic mass is 10.2. The summed E-state index contributed by atoms with van der Waals surface area (Å²) >= 11 is 3.34. The Balaban J connectivity index is 2.40. The molecule has 1 N–H and O–H groups in total. The van der Waals surface area contributed by atoms with Crippen molar-refractivity contribution < 1.29 is 19.1 Å². The zero-order chi connectivity index (χ0) is 15.1. The number of hydrogen-bond donors (Lipinski definition) is 1. The molecule has 0 fully saturated rings. The van der Waals surface area contributed by atoms with Crippen LogP contribution in [0.3, 0.4) is 0 Å². The van der Waals surface area contributed by atoms with Gasteiger partial charge in [0.25, 0.3) is 5.91 Å². The monoisotopic (exact) mass is 341 g/mol. The van der Waals surface area contributed by atoms with Gasteiger partial charge in [-0.05, 0) is 47.5 Å². The summed E-state index contributed by atoms with van der Waals surface area (Å²) < 4.78 is 5.53. The Morgan fingerprint density at radius 1 is 1.25 bits per heavy atom. The molecule has 1 rings (SSSR count). The fourth-order valence-electron chi connectivity index (χ4n) is 1.40. The number of ether oxygens (including phenoxy) is 1. The van der Waals surface area contributed by atoms with Crippen LogP contribution in [0.5, 0.6) is 0 Å². The van der Waals surface area contributed by atoms with Gasteiger partial charge in [-0.2, -0.15) is 0 Å². The van der Waals surface area contributed by atoms with Gasteiger partial charge >= 0.3 is 5.97 Å². The quantitative estimate of drug-likeness (QED) is 0.807. The number of benzene rings is 1. The first-order valence-corrected chi connectivity index (χ1v) is 6.89. The molecule has 0 aliphatic rings. The second-order valence-electron chi connectivity index (χ2n) is 4.39. The number of esters is 1. The van der Waals surface area contributed by atoms with E-state index in [1.54, 1.807) is 6.07 Å². The molecule has 0 radical (unpaired) electrons. The summed E-state index contributed by atoms with van der Waals surface area (Å²) in [7, 11) is 0. The summed E-state index contributed by atoms with van der Waals surface area (Å²) in [5.41, 5.74) is 1.67. The van der Waals surface area contributed by atoms with Crippen molar-refractivity contribution in [2.75, 3.05) is 11.9 Å². The molecule has 5 nitrogen and oxygen atoms in total. The van der Waals surface area contributed by atoms with Crippen molar-refractivity contribution in [3.05, 3.63) is 28.2 Å². The normalized spacial score (nSPS) is 9.95. The van der Waals surface area contributed by atoms with Crippen molar-refractivity contribution in [2.24, 2.45) is 0 Å². The third kappa shape index (κ3) is 5.97. The maximum Gasteiger partial charge on any atom is 0.306 e. The number of hydrogen-bond acceptors (Lipinski definition) is 4. The summed E-state index contributed by atoms with van der Waals surface area (Å²) in [6.45, 7) is 2.97. The predicted molar refractivity (Wildman–Crippen MR) is 78.4 cm³/mol. The van der Waals surface area contributed by atoms with Gasteiger partial charge in [0.15, 0.2) is 6.61 Å². The van der Waals surface area contributed by atoms with Crippen molar-refractivity contribution in [3.63, 3.8) is 0 Å². The van der Waals surface area contributed by atoms with Crippen LogP contribution in [0.4, 0.5) is 5.69 Å². The molecule has 0 heterocycles. The summed E-state index contributed by atoms with van der Waals surface area (Å²) in [4.78, 5) is 33.6. The third-order valence-electron chi connectivity index (χ3n) is 2.44. The van der Waals surface area contributed by atoms with Crippen LogP contribution in [0.1, 0.15) is 25.3 Å². The Morgan fingerprint density at radius 3 is 2.55 bits per heavy atom. The Kier molecular flexibility index (Phi) is 6.38. The molecule has 0 atom stereocenters. The standard InChI is InChI=1S/C14H16BrNO4/c1-9-3-5-12(11(15)7-9)16-13(18)8-20-14(19)6-4-10(2)17/h3,5,7H,4,6,8H2,1-2H3,(H,16,18). The molecular weight excluding hydrogens is 326 g/mol. The van der Waals surface area contributed by atoms with Crippen molar-refractivity contribution in [2.45, 2.75) is 26.7 Å². The van der Waals surface area contributed by atoms with Crippen LogP contribution in [0, 0.1) is 6.92 Å². The molecule has 108 valence electrons. The molecule has 1 aromatic carbocycles. The highest BCUT2D eigenvalue weighted by Gasteiger charge is 2.10. The van der Waals surface area contributed by atoms with Gasteiger partial charge in [-0.1, -0.05) is 6.07 Å². The predicted octanol–water partition coefficient (Wildman–Crippen LogP) is 2.61. The molecule has 0 bridgehead atoms. The molecular formula is C14H16BrNO4. The highest BCUT2D eigenvalue weighted by atomic mass is 79.9. The number of carbonyl (C=O) groups is 3. The van der Waals surface area contributed by atoms with Crippen LogP contribution in [0.2, 0.25) is 0 Å². The Bertz CT molecular complexity index is 528. The molecule has 0 spiro atoms. The van der Waals surface area contributed by atoms with Crippen LogP contribution in [0.25, 0.3) is 0 Å². The minimum atomic E-state index is -0.557. The SMILES string of the molecule is CC(=O)CCC(=O)OCC(=O)Nc1ccc(C)cc1Br. The average Bonchev–Trinajstić information content (AvgIpc) is 2.37. The molecule has 0 unspecified atom stereocenters. The number of nitrogens with one attached hydrogen (secondary N) is 1. The molecule has 0 aromatic heterocycles. The highest BCUT2D eigenvalue weighted by molar-refractivity contribution is 9.10. The Labute approximate surface area is 125 Å². The van der Waals surface area contributed by atoms with E-state index in [1.165, 1.54) is 6.92 Å². The van der Waals surface area contributed by atoms with E-state index in [0.29, 0.717) is 5.69 Å². The van der Waals surface area contributed by atoms with E-state index in [-0.39, 0.29) is 25.2 Å². The van der Waals surface area contributed by atoms with Crippen molar-refractivity contribution in [1.82, 2.24) is 0 Å². The number of halogens is 1. The zero-order valence-electron chi connectivity index (χ0n) is 11.4. The number of aryl methyl sites for hydroxylation is 1.